The van der Waals surface area contributed by atoms with Crippen LogP contribution in [0.15, 0.2) is 24.3 Å². The molecule has 5 nitrogen and oxygen atoms in total. The maximum atomic E-state index is 11.9. The molecule has 1 heterocycles. The maximum Gasteiger partial charge on any atom is 0.225 e. The zero-order valence-electron chi connectivity index (χ0n) is 11.9. The molecule has 1 fully saturated rings. The Kier molecular flexibility index (Phi) is 4.98. The number of anilines is 2. The van der Waals surface area contributed by atoms with E-state index >= 15 is 0 Å². The first kappa shape index (κ1) is 14.8. The molecular weight excluding hydrogens is 254 g/mol. The van der Waals surface area contributed by atoms with Crippen LogP contribution in [-0.4, -0.2) is 41.7 Å². The number of nitrogen functional groups attached to an aromatic ring is 1. The van der Waals surface area contributed by atoms with E-state index in [4.69, 9.17) is 5.73 Å². The highest BCUT2D eigenvalue weighted by Crippen LogP contribution is 2.20. The van der Waals surface area contributed by atoms with Crippen molar-refractivity contribution in [3.05, 3.63) is 24.3 Å². The van der Waals surface area contributed by atoms with E-state index in [9.17, 15) is 9.90 Å². The molecule has 1 amide bonds. The van der Waals surface area contributed by atoms with Crippen LogP contribution in [0.25, 0.3) is 0 Å². The number of hydrogen-bond acceptors (Lipinski definition) is 4. The Labute approximate surface area is 119 Å². The molecule has 0 radical (unpaired) electrons. The third-order valence-electron chi connectivity index (χ3n) is 3.88. The van der Waals surface area contributed by atoms with Gasteiger partial charge in [0.15, 0.2) is 0 Å². The van der Waals surface area contributed by atoms with Gasteiger partial charge in [-0.05, 0) is 37.9 Å². The number of rotatable bonds is 5. The molecule has 20 heavy (non-hydrogen) atoms. The molecule has 1 aliphatic heterocycles. The van der Waals surface area contributed by atoms with Gasteiger partial charge >= 0.3 is 0 Å². The van der Waals surface area contributed by atoms with E-state index in [0.717, 1.165) is 26.1 Å². The molecule has 1 aliphatic rings. The van der Waals surface area contributed by atoms with Crippen molar-refractivity contribution in [3.63, 3.8) is 0 Å². The van der Waals surface area contributed by atoms with Gasteiger partial charge in [0.1, 0.15) is 0 Å². The van der Waals surface area contributed by atoms with Gasteiger partial charge in [0.2, 0.25) is 5.91 Å². The predicted molar refractivity (Wildman–Crippen MR) is 80.3 cm³/mol. The summed E-state index contributed by atoms with van der Waals surface area (Å²) in [5.41, 5.74) is 7.03. The summed E-state index contributed by atoms with van der Waals surface area (Å²) in [4.78, 5) is 14.1. The minimum Gasteiger partial charge on any atom is -0.397 e. The van der Waals surface area contributed by atoms with Gasteiger partial charge in [-0.1, -0.05) is 12.1 Å². The van der Waals surface area contributed by atoms with Gasteiger partial charge in [-0.2, -0.15) is 0 Å². The van der Waals surface area contributed by atoms with Crippen molar-refractivity contribution in [1.82, 2.24) is 4.90 Å². The lowest BCUT2D eigenvalue weighted by molar-refractivity contribution is -0.116. The summed E-state index contributed by atoms with van der Waals surface area (Å²) >= 11 is 0. The first-order valence-corrected chi connectivity index (χ1v) is 7.11. The van der Waals surface area contributed by atoms with Gasteiger partial charge in [0, 0.05) is 19.5 Å². The SMILES string of the molecule is CC(O)C1CCN(CCC(=O)Nc2ccccc2N)C1. The van der Waals surface area contributed by atoms with Crippen LogP contribution < -0.4 is 11.1 Å². The van der Waals surface area contributed by atoms with E-state index < -0.39 is 0 Å². The summed E-state index contributed by atoms with van der Waals surface area (Å²) in [6.45, 7) is 4.38. The van der Waals surface area contributed by atoms with Gasteiger partial charge in [-0.15, -0.1) is 0 Å². The van der Waals surface area contributed by atoms with Crippen molar-refractivity contribution in [1.29, 1.82) is 0 Å². The number of hydrogen-bond donors (Lipinski definition) is 3. The fourth-order valence-corrected chi connectivity index (χ4v) is 2.54. The summed E-state index contributed by atoms with van der Waals surface area (Å²) in [6, 6.07) is 7.25. The molecule has 2 atom stereocenters. The normalized spacial score (nSPS) is 20.8. The predicted octanol–water partition coefficient (Wildman–Crippen LogP) is 1.30. The molecule has 0 aromatic heterocycles. The zero-order chi connectivity index (χ0) is 14.5. The number of aliphatic hydroxyl groups excluding tert-OH is 1. The van der Waals surface area contributed by atoms with E-state index in [1.54, 1.807) is 12.1 Å². The minimum absolute atomic E-state index is 0.0246. The lowest BCUT2D eigenvalue weighted by atomic mass is 10.0. The Bertz CT molecular complexity index is 462. The van der Waals surface area contributed by atoms with Gasteiger partial charge in [0.25, 0.3) is 0 Å². The second-order valence-corrected chi connectivity index (χ2v) is 5.48. The van der Waals surface area contributed by atoms with Crippen LogP contribution in [0.4, 0.5) is 11.4 Å². The Morgan fingerprint density at radius 1 is 1.55 bits per heavy atom. The van der Waals surface area contributed by atoms with Gasteiger partial charge in [-0.25, -0.2) is 0 Å². The van der Waals surface area contributed by atoms with E-state index in [-0.39, 0.29) is 12.0 Å². The van der Waals surface area contributed by atoms with Crippen molar-refractivity contribution in [2.75, 3.05) is 30.7 Å². The smallest absolute Gasteiger partial charge is 0.225 e. The molecule has 1 aromatic rings. The number of amides is 1. The average Bonchev–Trinajstić information content (AvgIpc) is 2.88. The first-order valence-electron chi connectivity index (χ1n) is 7.11. The van der Waals surface area contributed by atoms with Crippen LogP contribution in [-0.2, 0) is 4.79 Å². The number of para-hydroxylation sites is 2. The highest BCUT2D eigenvalue weighted by Gasteiger charge is 2.25. The zero-order valence-corrected chi connectivity index (χ0v) is 11.9. The van der Waals surface area contributed by atoms with E-state index in [1.165, 1.54) is 0 Å². The van der Waals surface area contributed by atoms with Crippen molar-refractivity contribution in [2.24, 2.45) is 5.92 Å². The fraction of sp³-hybridized carbons (Fsp3) is 0.533. The number of aliphatic hydroxyl groups is 1. The van der Waals surface area contributed by atoms with E-state index in [1.807, 2.05) is 19.1 Å². The lowest BCUT2D eigenvalue weighted by Crippen LogP contribution is -2.28. The highest BCUT2D eigenvalue weighted by molar-refractivity contribution is 5.93. The topological polar surface area (TPSA) is 78.6 Å². The van der Waals surface area contributed by atoms with Crippen molar-refractivity contribution in [3.8, 4) is 0 Å². The van der Waals surface area contributed by atoms with Crippen LogP contribution in [0.5, 0.6) is 0 Å². The molecule has 4 N–H and O–H groups in total. The van der Waals surface area contributed by atoms with Gasteiger partial charge in [-0.3, -0.25) is 4.79 Å². The van der Waals surface area contributed by atoms with E-state index in [0.29, 0.717) is 23.7 Å². The molecule has 5 heteroatoms. The molecule has 0 saturated carbocycles. The van der Waals surface area contributed by atoms with Crippen LogP contribution in [0, 0.1) is 5.92 Å². The number of likely N-dealkylation sites (tertiary alicyclic amines) is 1. The summed E-state index contributed by atoms with van der Waals surface area (Å²) in [5.74, 6) is 0.311. The number of carbonyl (C=O) groups excluding carboxylic acids is 1. The van der Waals surface area contributed by atoms with Crippen molar-refractivity contribution in [2.45, 2.75) is 25.9 Å². The molecule has 0 spiro atoms. The van der Waals surface area contributed by atoms with Gasteiger partial charge < -0.3 is 21.1 Å². The minimum atomic E-state index is -0.266. The Morgan fingerprint density at radius 2 is 2.30 bits per heavy atom. The molecule has 110 valence electrons. The van der Waals surface area contributed by atoms with Crippen LogP contribution in [0.3, 0.4) is 0 Å². The number of benzene rings is 1. The Hall–Kier alpha value is -1.59. The lowest BCUT2D eigenvalue weighted by Gasteiger charge is -2.17. The second-order valence-electron chi connectivity index (χ2n) is 5.48. The van der Waals surface area contributed by atoms with Crippen LogP contribution >= 0.6 is 0 Å². The molecule has 1 aromatic carbocycles. The van der Waals surface area contributed by atoms with Crippen molar-refractivity contribution >= 4 is 17.3 Å². The quantitative estimate of drug-likeness (QED) is 0.709. The summed E-state index contributed by atoms with van der Waals surface area (Å²) < 4.78 is 0. The van der Waals surface area contributed by atoms with Crippen LogP contribution in [0.2, 0.25) is 0 Å². The standard InChI is InChI=1S/C15H23N3O2/c1-11(19)12-6-8-18(10-12)9-7-15(20)17-14-5-3-2-4-13(14)16/h2-5,11-12,19H,6-10,16H2,1H3,(H,17,20). The van der Waals surface area contributed by atoms with Crippen LogP contribution in [0.1, 0.15) is 19.8 Å². The van der Waals surface area contributed by atoms with Crippen molar-refractivity contribution < 1.29 is 9.90 Å². The largest absolute Gasteiger partial charge is 0.397 e. The molecule has 2 unspecified atom stereocenters. The van der Waals surface area contributed by atoms with Gasteiger partial charge in [0.05, 0.1) is 17.5 Å². The Balaban J connectivity index is 1.75. The monoisotopic (exact) mass is 277 g/mol. The number of nitrogens with two attached hydrogens (primary N) is 1. The maximum absolute atomic E-state index is 11.9. The average molecular weight is 277 g/mol. The Morgan fingerprint density at radius 3 is 2.95 bits per heavy atom. The summed E-state index contributed by atoms with van der Waals surface area (Å²) in [5, 5.41) is 12.4. The summed E-state index contributed by atoms with van der Waals surface area (Å²) in [7, 11) is 0. The number of nitrogens with one attached hydrogen (secondary N) is 1. The highest BCUT2D eigenvalue weighted by atomic mass is 16.3. The molecule has 1 saturated heterocycles. The molecular formula is C15H23N3O2. The second kappa shape index (κ2) is 6.72. The number of nitrogens with zero attached hydrogens (tertiary/aromatic N) is 1. The van der Waals surface area contributed by atoms with E-state index in [2.05, 4.69) is 10.2 Å². The third kappa shape index (κ3) is 3.95. The third-order valence-corrected chi connectivity index (χ3v) is 3.88. The molecule has 0 bridgehead atoms. The molecule has 2 rings (SSSR count). The fourth-order valence-electron chi connectivity index (χ4n) is 2.54. The summed E-state index contributed by atoms with van der Waals surface area (Å²) in [6.07, 6.45) is 1.18. The first-order chi connectivity index (χ1) is 9.56. The number of carbonyl (C=O) groups is 1. The molecule has 0 aliphatic carbocycles.